The molecule has 20 heavy (non-hydrogen) atoms. The van der Waals surface area contributed by atoms with Crippen molar-refractivity contribution in [3.8, 4) is 0 Å². The second-order valence-electron chi connectivity index (χ2n) is 4.73. The van der Waals surface area contributed by atoms with Crippen molar-refractivity contribution in [3.05, 3.63) is 33.9 Å². The zero-order valence-electron chi connectivity index (χ0n) is 11.9. The number of hydrogen-bond donors (Lipinski definition) is 2. The van der Waals surface area contributed by atoms with Gasteiger partial charge in [0.15, 0.2) is 5.84 Å². The van der Waals surface area contributed by atoms with Gasteiger partial charge in [-0.1, -0.05) is 12.1 Å². The number of nitrogens with zero attached hydrogens (tertiary/aromatic N) is 3. The Hall–Kier alpha value is -2.31. The van der Waals surface area contributed by atoms with Crippen molar-refractivity contribution in [2.24, 2.45) is 10.9 Å². The van der Waals surface area contributed by atoms with Crippen molar-refractivity contribution in [2.45, 2.75) is 33.2 Å². The molecule has 110 valence electrons. The SMILES string of the molecule is CCCN(c1ccc(C(N)=NO)cc1[N+](=O)[O-])C(C)C. The van der Waals surface area contributed by atoms with Crippen molar-refractivity contribution in [3.63, 3.8) is 0 Å². The summed E-state index contributed by atoms with van der Waals surface area (Å²) in [6, 6.07) is 4.72. The summed E-state index contributed by atoms with van der Waals surface area (Å²) in [5.74, 6) is -0.147. The van der Waals surface area contributed by atoms with Gasteiger partial charge in [0.25, 0.3) is 5.69 Å². The van der Waals surface area contributed by atoms with E-state index in [2.05, 4.69) is 5.16 Å². The van der Waals surface area contributed by atoms with Crippen LogP contribution in [0.2, 0.25) is 0 Å². The first-order chi connectivity index (χ1) is 9.42. The van der Waals surface area contributed by atoms with Crippen LogP contribution in [-0.4, -0.2) is 28.6 Å². The highest BCUT2D eigenvalue weighted by Crippen LogP contribution is 2.30. The number of amidine groups is 1. The maximum Gasteiger partial charge on any atom is 0.293 e. The highest BCUT2D eigenvalue weighted by atomic mass is 16.6. The summed E-state index contributed by atoms with van der Waals surface area (Å²) in [7, 11) is 0. The van der Waals surface area contributed by atoms with Gasteiger partial charge in [-0.3, -0.25) is 10.1 Å². The Bertz CT molecular complexity index is 514. The molecule has 1 aromatic rings. The molecule has 0 heterocycles. The van der Waals surface area contributed by atoms with Crippen molar-refractivity contribution >= 4 is 17.2 Å². The van der Waals surface area contributed by atoms with E-state index < -0.39 is 4.92 Å². The first-order valence-electron chi connectivity index (χ1n) is 6.45. The second-order valence-corrected chi connectivity index (χ2v) is 4.73. The largest absolute Gasteiger partial charge is 0.409 e. The fourth-order valence-electron chi connectivity index (χ4n) is 2.03. The lowest BCUT2D eigenvalue weighted by Gasteiger charge is -2.28. The van der Waals surface area contributed by atoms with Crippen LogP contribution in [0.4, 0.5) is 11.4 Å². The Labute approximate surface area is 117 Å². The molecule has 7 nitrogen and oxygen atoms in total. The number of anilines is 1. The molecule has 1 rings (SSSR count). The van der Waals surface area contributed by atoms with Crippen LogP contribution in [0.25, 0.3) is 0 Å². The van der Waals surface area contributed by atoms with Gasteiger partial charge < -0.3 is 15.8 Å². The molecule has 0 aromatic heterocycles. The van der Waals surface area contributed by atoms with E-state index in [1.54, 1.807) is 12.1 Å². The maximum atomic E-state index is 11.3. The predicted octanol–water partition coefficient (Wildman–Crippen LogP) is 2.31. The molecule has 0 saturated heterocycles. The number of rotatable bonds is 6. The number of oxime groups is 1. The summed E-state index contributed by atoms with van der Waals surface area (Å²) >= 11 is 0. The number of benzene rings is 1. The van der Waals surface area contributed by atoms with Gasteiger partial charge in [-0.05, 0) is 32.4 Å². The van der Waals surface area contributed by atoms with Gasteiger partial charge in [0, 0.05) is 24.2 Å². The standard InChI is InChI=1S/C13H20N4O3/c1-4-7-16(9(2)3)11-6-5-10(13(14)15-18)8-12(11)17(19)20/h5-6,8-9,18H,4,7H2,1-3H3,(H2,14,15). The average Bonchev–Trinajstić information content (AvgIpc) is 2.42. The van der Waals surface area contributed by atoms with E-state index in [1.807, 2.05) is 25.7 Å². The van der Waals surface area contributed by atoms with Gasteiger partial charge in [-0.25, -0.2) is 0 Å². The Kier molecular flexibility index (Phi) is 5.31. The molecule has 0 aliphatic rings. The summed E-state index contributed by atoms with van der Waals surface area (Å²) in [4.78, 5) is 12.8. The van der Waals surface area contributed by atoms with Crippen LogP contribution < -0.4 is 10.6 Å². The minimum absolute atomic E-state index is 0.0451. The predicted molar refractivity (Wildman–Crippen MR) is 78.4 cm³/mol. The number of nitro groups is 1. The van der Waals surface area contributed by atoms with E-state index in [0.717, 1.165) is 13.0 Å². The number of nitro benzene ring substituents is 1. The van der Waals surface area contributed by atoms with Gasteiger partial charge in [0.2, 0.25) is 0 Å². The Morgan fingerprint density at radius 3 is 2.65 bits per heavy atom. The number of hydrogen-bond acceptors (Lipinski definition) is 5. The molecule has 0 spiro atoms. The van der Waals surface area contributed by atoms with E-state index in [0.29, 0.717) is 11.3 Å². The molecule has 0 fully saturated rings. The summed E-state index contributed by atoms with van der Waals surface area (Å²) in [6.07, 6.45) is 0.886. The molecule has 0 aliphatic carbocycles. The third-order valence-electron chi connectivity index (χ3n) is 2.97. The lowest BCUT2D eigenvalue weighted by Crippen LogP contribution is -2.32. The summed E-state index contributed by atoms with van der Waals surface area (Å²) < 4.78 is 0. The summed E-state index contributed by atoms with van der Waals surface area (Å²) in [6.45, 7) is 6.71. The first kappa shape index (κ1) is 15.7. The van der Waals surface area contributed by atoms with Crippen LogP contribution >= 0.6 is 0 Å². The molecular weight excluding hydrogens is 260 g/mol. The normalized spacial score (nSPS) is 11.7. The molecule has 0 aliphatic heterocycles. The smallest absolute Gasteiger partial charge is 0.293 e. The molecular formula is C13H20N4O3. The molecule has 7 heteroatoms. The van der Waals surface area contributed by atoms with E-state index >= 15 is 0 Å². The molecule has 1 aromatic carbocycles. The second kappa shape index (κ2) is 6.74. The average molecular weight is 280 g/mol. The number of nitrogens with two attached hydrogens (primary N) is 1. The Morgan fingerprint density at radius 1 is 1.55 bits per heavy atom. The van der Waals surface area contributed by atoms with Gasteiger partial charge >= 0.3 is 0 Å². The van der Waals surface area contributed by atoms with Crippen molar-refractivity contribution in [2.75, 3.05) is 11.4 Å². The molecule has 0 bridgehead atoms. The topological polar surface area (TPSA) is 105 Å². The van der Waals surface area contributed by atoms with Gasteiger partial charge in [0.05, 0.1) is 4.92 Å². The van der Waals surface area contributed by atoms with Gasteiger partial charge in [-0.15, -0.1) is 0 Å². The first-order valence-corrected chi connectivity index (χ1v) is 6.45. The van der Waals surface area contributed by atoms with Crippen LogP contribution in [0.3, 0.4) is 0 Å². The van der Waals surface area contributed by atoms with Crippen LogP contribution in [0, 0.1) is 10.1 Å². The maximum absolute atomic E-state index is 11.3. The Morgan fingerprint density at radius 2 is 2.20 bits per heavy atom. The van der Waals surface area contributed by atoms with Crippen LogP contribution in [-0.2, 0) is 0 Å². The van der Waals surface area contributed by atoms with E-state index in [9.17, 15) is 10.1 Å². The lowest BCUT2D eigenvalue weighted by atomic mass is 10.1. The third kappa shape index (κ3) is 3.37. The highest BCUT2D eigenvalue weighted by molar-refractivity contribution is 5.98. The van der Waals surface area contributed by atoms with Crippen LogP contribution in [0.15, 0.2) is 23.4 Å². The molecule has 0 atom stereocenters. The fourth-order valence-corrected chi connectivity index (χ4v) is 2.03. The molecule has 0 unspecified atom stereocenters. The molecule has 0 radical (unpaired) electrons. The van der Waals surface area contributed by atoms with Crippen LogP contribution in [0.5, 0.6) is 0 Å². The quantitative estimate of drug-likeness (QED) is 0.273. The molecule has 0 saturated carbocycles. The summed E-state index contributed by atoms with van der Waals surface area (Å²) in [5.41, 5.74) is 6.29. The van der Waals surface area contributed by atoms with E-state index in [4.69, 9.17) is 10.9 Å². The minimum atomic E-state index is -0.450. The van der Waals surface area contributed by atoms with E-state index in [1.165, 1.54) is 6.07 Å². The zero-order chi connectivity index (χ0) is 15.3. The third-order valence-corrected chi connectivity index (χ3v) is 2.97. The van der Waals surface area contributed by atoms with Crippen molar-refractivity contribution in [1.82, 2.24) is 0 Å². The van der Waals surface area contributed by atoms with Crippen molar-refractivity contribution in [1.29, 1.82) is 0 Å². The fraction of sp³-hybridized carbons (Fsp3) is 0.462. The van der Waals surface area contributed by atoms with Gasteiger partial charge in [0.1, 0.15) is 5.69 Å². The lowest BCUT2D eigenvalue weighted by molar-refractivity contribution is -0.384. The van der Waals surface area contributed by atoms with Crippen molar-refractivity contribution < 1.29 is 10.1 Å². The zero-order valence-corrected chi connectivity index (χ0v) is 11.9. The van der Waals surface area contributed by atoms with E-state index in [-0.39, 0.29) is 17.6 Å². The van der Waals surface area contributed by atoms with Crippen LogP contribution in [0.1, 0.15) is 32.8 Å². The Balaban J connectivity index is 3.35. The highest BCUT2D eigenvalue weighted by Gasteiger charge is 2.22. The van der Waals surface area contributed by atoms with Gasteiger partial charge in [-0.2, -0.15) is 0 Å². The molecule has 0 amide bonds. The minimum Gasteiger partial charge on any atom is -0.409 e. The summed E-state index contributed by atoms with van der Waals surface area (Å²) in [5, 5.41) is 22.8. The monoisotopic (exact) mass is 280 g/mol. The molecule has 3 N–H and O–H groups in total.